The van der Waals surface area contributed by atoms with Gasteiger partial charge < -0.3 is 19.9 Å². The van der Waals surface area contributed by atoms with E-state index in [0.29, 0.717) is 23.5 Å². The summed E-state index contributed by atoms with van der Waals surface area (Å²) < 4.78 is 10.7. The van der Waals surface area contributed by atoms with Crippen LogP contribution in [0.1, 0.15) is 18.1 Å². The lowest BCUT2D eigenvalue weighted by molar-refractivity contribution is -0.148. The van der Waals surface area contributed by atoms with Crippen molar-refractivity contribution in [2.45, 2.75) is 25.5 Å². The first-order chi connectivity index (χ1) is 11.3. The molecule has 1 fully saturated rings. The van der Waals surface area contributed by atoms with Crippen molar-refractivity contribution in [2.24, 2.45) is 0 Å². The van der Waals surface area contributed by atoms with E-state index in [1.807, 2.05) is 6.07 Å². The van der Waals surface area contributed by atoms with Gasteiger partial charge in [0.2, 0.25) is 0 Å². The Kier molecular flexibility index (Phi) is 5.14. The van der Waals surface area contributed by atoms with E-state index < -0.39 is 17.5 Å². The zero-order valence-electron chi connectivity index (χ0n) is 14.1. The Labute approximate surface area is 140 Å². The molecule has 0 spiro atoms. The molecule has 2 rings (SSSR count). The van der Waals surface area contributed by atoms with Crippen LogP contribution in [-0.4, -0.2) is 48.3 Å². The molecule has 1 aromatic carbocycles. The molecule has 1 saturated heterocycles. The zero-order valence-corrected chi connectivity index (χ0v) is 14.1. The first kappa shape index (κ1) is 17.8. The summed E-state index contributed by atoms with van der Waals surface area (Å²) in [5.74, 6) is 0.456. The highest BCUT2D eigenvalue weighted by atomic mass is 16.5. The molecule has 1 aliphatic heterocycles. The number of hydrogen-bond acceptors (Lipinski definition) is 5. The van der Waals surface area contributed by atoms with Crippen LogP contribution in [0.15, 0.2) is 24.8 Å². The Morgan fingerprint density at radius 1 is 1.38 bits per heavy atom. The van der Waals surface area contributed by atoms with Gasteiger partial charge >= 0.3 is 6.03 Å². The first-order valence-electron chi connectivity index (χ1n) is 7.51. The fourth-order valence-corrected chi connectivity index (χ4v) is 2.63. The molecule has 0 aliphatic carbocycles. The third kappa shape index (κ3) is 3.35. The minimum absolute atomic E-state index is 0.0192. The highest BCUT2D eigenvalue weighted by Gasteiger charge is 2.42. The van der Waals surface area contributed by atoms with Gasteiger partial charge in [-0.3, -0.25) is 9.69 Å². The monoisotopic (exact) mass is 334 g/mol. The van der Waals surface area contributed by atoms with Gasteiger partial charge in [-0.2, -0.15) is 0 Å². The number of rotatable bonds is 6. The maximum absolute atomic E-state index is 12.3. The Bertz CT molecular complexity index is 669. The molecule has 24 heavy (non-hydrogen) atoms. The molecule has 0 radical (unpaired) electrons. The van der Waals surface area contributed by atoms with Crippen molar-refractivity contribution in [1.82, 2.24) is 10.2 Å². The number of amides is 3. The van der Waals surface area contributed by atoms with Gasteiger partial charge in [0.15, 0.2) is 17.1 Å². The molecule has 0 bridgehead atoms. The Balaban J connectivity index is 2.38. The van der Waals surface area contributed by atoms with Crippen molar-refractivity contribution >= 4 is 11.9 Å². The average Bonchev–Trinajstić information content (AvgIpc) is 2.55. The number of β-amino-alcohol motifs (C(OH)–C–C–N with tert-alkyl or cyclic N) is 1. The number of hydrogen-bond donors (Lipinski definition) is 2. The van der Waals surface area contributed by atoms with Crippen molar-refractivity contribution in [2.75, 3.05) is 20.8 Å². The molecule has 1 aliphatic rings. The maximum Gasteiger partial charge on any atom is 0.324 e. The SMILES string of the molecule is C=CCc1cc(CN2C(=O)NCC(C)(O)C2=O)cc(OC)c1OC. The molecule has 1 heterocycles. The maximum atomic E-state index is 12.3. The Morgan fingerprint density at radius 2 is 2.08 bits per heavy atom. The number of imide groups is 1. The second-order valence-electron chi connectivity index (χ2n) is 5.81. The van der Waals surface area contributed by atoms with E-state index in [2.05, 4.69) is 11.9 Å². The summed E-state index contributed by atoms with van der Waals surface area (Å²) in [7, 11) is 3.06. The smallest absolute Gasteiger partial charge is 0.324 e. The number of ether oxygens (including phenoxy) is 2. The quantitative estimate of drug-likeness (QED) is 0.764. The van der Waals surface area contributed by atoms with E-state index in [1.165, 1.54) is 14.0 Å². The number of carbonyl (C=O) groups is 2. The number of benzene rings is 1. The third-order valence-corrected chi connectivity index (χ3v) is 3.86. The highest BCUT2D eigenvalue weighted by molar-refractivity contribution is 6.01. The second kappa shape index (κ2) is 6.92. The van der Waals surface area contributed by atoms with E-state index >= 15 is 0 Å². The van der Waals surface area contributed by atoms with Gasteiger partial charge in [0.1, 0.15) is 0 Å². The van der Waals surface area contributed by atoms with Crippen LogP contribution >= 0.6 is 0 Å². The summed E-state index contributed by atoms with van der Waals surface area (Å²) in [5.41, 5.74) is -0.0989. The Hall–Kier alpha value is -2.54. The van der Waals surface area contributed by atoms with E-state index in [-0.39, 0.29) is 13.1 Å². The van der Waals surface area contributed by atoms with Crippen LogP contribution in [0.4, 0.5) is 4.79 Å². The first-order valence-corrected chi connectivity index (χ1v) is 7.51. The number of nitrogens with zero attached hydrogens (tertiary/aromatic N) is 1. The molecule has 3 amide bonds. The van der Waals surface area contributed by atoms with E-state index in [9.17, 15) is 14.7 Å². The lowest BCUT2D eigenvalue weighted by Crippen LogP contribution is -2.62. The lowest BCUT2D eigenvalue weighted by atomic mass is 10.0. The number of allylic oxidation sites excluding steroid dienone is 1. The second-order valence-corrected chi connectivity index (χ2v) is 5.81. The molecular weight excluding hydrogens is 312 g/mol. The molecule has 0 saturated carbocycles. The summed E-state index contributed by atoms with van der Waals surface area (Å²) in [6.45, 7) is 5.01. The zero-order chi connectivity index (χ0) is 17.9. The minimum atomic E-state index is -1.62. The fourth-order valence-electron chi connectivity index (χ4n) is 2.63. The number of carbonyl (C=O) groups excluding carboxylic acids is 2. The highest BCUT2D eigenvalue weighted by Crippen LogP contribution is 2.34. The molecule has 7 nitrogen and oxygen atoms in total. The van der Waals surface area contributed by atoms with Crippen molar-refractivity contribution in [1.29, 1.82) is 0 Å². The molecule has 1 atom stereocenters. The van der Waals surface area contributed by atoms with Crippen LogP contribution in [0.5, 0.6) is 11.5 Å². The summed E-state index contributed by atoms with van der Waals surface area (Å²) in [6.07, 6.45) is 2.27. The largest absolute Gasteiger partial charge is 0.493 e. The summed E-state index contributed by atoms with van der Waals surface area (Å²) in [4.78, 5) is 25.3. The normalized spacial score (nSPS) is 20.6. The molecule has 1 unspecified atom stereocenters. The van der Waals surface area contributed by atoms with Crippen LogP contribution in [0.3, 0.4) is 0 Å². The third-order valence-electron chi connectivity index (χ3n) is 3.86. The lowest BCUT2D eigenvalue weighted by Gasteiger charge is -2.35. The standard InChI is InChI=1S/C17H22N2O5/c1-5-6-12-7-11(8-13(23-3)14(12)24-4)9-19-15(20)17(2,22)10-18-16(19)21/h5,7-8,22H,1,6,9-10H2,2-4H3,(H,18,21). The number of nitrogens with one attached hydrogen (secondary N) is 1. The topological polar surface area (TPSA) is 88.1 Å². The number of urea groups is 1. The average molecular weight is 334 g/mol. The molecule has 0 aromatic heterocycles. The van der Waals surface area contributed by atoms with Gasteiger partial charge in [-0.25, -0.2) is 4.79 Å². The van der Waals surface area contributed by atoms with E-state index in [4.69, 9.17) is 9.47 Å². The predicted octanol–water partition coefficient (Wildman–Crippen LogP) is 1.24. The summed E-state index contributed by atoms with van der Waals surface area (Å²) >= 11 is 0. The van der Waals surface area contributed by atoms with Crippen molar-refractivity contribution in [3.8, 4) is 11.5 Å². The molecule has 2 N–H and O–H groups in total. The molecular formula is C17H22N2O5. The molecule has 7 heteroatoms. The van der Waals surface area contributed by atoms with E-state index in [1.54, 1.807) is 19.3 Å². The van der Waals surface area contributed by atoms with Crippen molar-refractivity contribution in [3.63, 3.8) is 0 Å². The molecule has 130 valence electrons. The summed E-state index contributed by atoms with van der Waals surface area (Å²) in [5, 5.41) is 12.6. The van der Waals surface area contributed by atoms with Gasteiger partial charge in [-0.1, -0.05) is 6.08 Å². The fraction of sp³-hybridized carbons (Fsp3) is 0.412. The van der Waals surface area contributed by atoms with E-state index in [0.717, 1.165) is 10.5 Å². The van der Waals surface area contributed by atoms with Crippen LogP contribution < -0.4 is 14.8 Å². The van der Waals surface area contributed by atoms with Crippen molar-refractivity contribution < 1.29 is 24.2 Å². The number of methoxy groups -OCH3 is 2. The summed E-state index contributed by atoms with van der Waals surface area (Å²) in [6, 6.07) is 2.99. The van der Waals surface area contributed by atoms with Crippen LogP contribution in [0.25, 0.3) is 0 Å². The van der Waals surface area contributed by atoms with Gasteiger partial charge in [0, 0.05) is 5.56 Å². The predicted molar refractivity (Wildman–Crippen MR) is 88.0 cm³/mol. The Morgan fingerprint density at radius 3 is 2.67 bits per heavy atom. The van der Waals surface area contributed by atoms with Crippen molar-refractivity contribution in [3.05, 3.63) is 35.9 Å². The van der Waals surface area contributed by atoms with Gasteiger partial charge in [0.25, 0.3) is 5.91 Å². The van der Waals surface area contributed by atoms with Gasteiger partial charge in [-0.05, 0) is 31.0 Å². The number of aliphatic hydroxyl groups is 1. The van der Waals surface area contributed by atoms with Crippen LogP contribution in [0.2, 0.25) is 0 Å². The van der Waals surface area contributed by atoms with Crippen LogP contribution in [0, 0.1) is 0 Å². The molecule has 1 aromatic rings. The van der Waals surface area contributed by atoms with Gasteiger partial charge in [-0.15, -0.1) is 6.58 Å². The minimum Gasteiger partial charge on any atom is -0.493 e. The van der Waals surface area contributed by atoms with Gasteiger partial charge in [0.05, 0.1) is 27.3 Å². The van der Waals surface area contributed by atoms with Crippen LogP contribution in [-0.2, 0) is 17.8 Å².